The van der Waals surface area contributed by atoms with E-state index < -0.39 is 0 Å². The normalized spacial score (nSPS) is 18.7. The molecule has 0 spiro atoms. The first kappa shape index (κ1) is 17.5. The van der Waals surface area contributed by atoms with Gasteiger partial charge in [-0.25, -0.2) is 4.39 Å². The van der Waals surface area contributed by atoms with Gasteiger partial charge in [-0.1, -0.05) is 62.5 Å². The molecule has 0 fully saturated rings. The Kier molecular flexibility index (Phi) is 6.15. The predicted molar refractivity (Wildman–Crippen MR) is 98.9 cm³/mol. The van der Waals surface area contributed by atoms with Gasteiger partial charge in [0.15, 0.2) is 0 Å². The van der Waals surface area contributed by atoms with E-state index in [0.717, 1.165) is 60.8 Å². The Bertz CT molecular complexity index is 647. The van der Waals surface area contributed by atoms with Crippen LogP contribution < -0.4 is 0 Å². The van der Waals surface area contributed by atoms with Gasteiger partial charge in [0.1, 0.15) is 5.83 Å². The molecule has 23 heavy (non-hydrogen) atoms. The third kappa shape index (κ3) is 4.54. The summed E-state index contributed by atoms with van der Waals surface area (Å²) in [7, 11) is 0. The van der Waals surface area contributed by atoms with Crippen LogP contribution in [0.2, 0.25) is 0 Å². The molecule has 2 aliphatic rings. The predicted octanol–water partition coefficient (Wildman–Crippen LogP) is 7.07. The highest BCUT2D eigenvalue weighted by Crippen LogP contribution is 2.36. The summed E-state index contributed by atoms with van der Waals surface area (Å²) in [4.78, 5) is 0. The van der Waals surface area contributed by atoms with Gasteiger partial charge in [-0.05, 0) is 66.9 Å². The zero-order valence-electron chi connectivity index (χ0n) is 14.4. The SMILES string of the molecule is C=C(/C=C\C(=C)C1=C(F)C=C(C2=CC=C(CC)CC2)CC1)CC. The Hall–Kier alpha value is -1.89. The van der Waals surface area contributed by atoms with Crippen LogP contribution in [0.15, 0.2) is 82.8 Å². The van der Waals surface area contributed by atoms with Crippen LogP contribution in [-0.4, -0.2) is 0 Å². The van der Waals surface area contributed by atoms with E-state index in [-0.39, 0.29) is 5.83 Å². The molecule has 0 N–H and O–H groups in total. The molecular weight excluding hydrogens is 283 g/mol. The number of halogens is 1. The molecule has 0 radical (unpaired) electrons. The van der Waals surface area contributed by atoms with Gasteiger partial charge in [0.2, 0.25) is 0 Å². The molecule has 0 bridgehead atoms. The fourth-order valence-corrected chi connectivity index (χ4v) is 2.94. The Morgan fingerprint density at radius 3 is 2.35 bits per heavy atom. The molecule has 122 valence electrons. The summed E-state index contributed by atoms with van der Waals surface area (Å²) < 4.78 is 14.5. The molecule has 1 heteroatoms. The molecule has 0 heterocycles. The first-order valence-electron chi connectivity index (χ1n) is 8.58. The van der Waals surface area contributed by atoms with Gasteiger partial charge in [-0.2, -0.15) is 0 Å². The number of rotatable bonds is 6. The van der Waals surface area contributed by atoms with Crippen molar-refractivity contribution in [3.05, 3.63) is 82.8 Å². The zero-order valence-corrected chi connectivity index (χ0v) is 14.4. The molecule has 0 aromatic heterocycles. The average Bonchev–Trinajstić information content (AvgIpc) is 2.59. The van der Waals surface area contributed by atoms with E-state index in [1.807, 2.05) is 12.2 Å². The van der Waals surface area contributed by atoms with E-state index in [0.29, 0.717) is 0 Å². The molecule has 0 aromatic rings. The lowest BCUT2D eigenvalue weighted by molar-refractivity contribution is 0.634. The van der Waals surface area contributed by atoms with Crippen LogP contribution in [0.3, 0.4) is 0 Å². The molecule has 0 aliphatic heterocycles. The maximum Gasteiger partial charge on any atom is 0.127 e. The molecular formula is C22H27F. The average molecular weight is 310 g/mol. The summed E-state index contributed by atoms with van der Waals surface area (Å²) in [5.74, 6) is -0.130. The van der Waals surface area contributed by atoms with Crippen LogP contribution >= 0.6 is 0 Å². The minimum atomic E-state index is -0.130. The molecule has 2 aliphatic carbocycles. The minimum absolute atomic E-state index is 0.130. The third-order valence-corrected chi connectivity index (χ3v) is 4.70. The summed E-state index contributed by atoms with van der Waals surface area (Å²) in [6.45, 7) is 12.2. The van der Waals surface area contributed by atoms with E-state index >= 15 is 0 Å². The van der Waals surface area contributed by atoms with E-state index in [4.69, 9.17) is 0 Å². The molecule has 0 saturated carbocycles. The lowest BCUT2D eigenvalue weighted by Gasteiger charge is -2.21. The molecule has 0 amide bonds. The van der Waals surface area contributed by atoms with E-state index in [2.05, 4.69) is 39.2 Å². The standard InChI is InChI=1S/C22H27F/c1-5-16(3)7-8-17(4)21-14-13-20(15-22(21)23)19-11-9-18(6-2)10-12-19/h7-9,11,15H,3-6,10,12-14H2,1-2H3/b8-7-. The zero-order chi connectivity index (χ0) is 16.8. The van der Waals surface area contributed by atoms with Gasteiger partial charge < -0.3 is 0 Å². The van der Waals surface area contributed by atoms with Gasteiger partial charge in [0.05, 0.1) is 0 Å². The molecule has 0 nitrogen and oxygen atoms in total. The van der Waals surface area contributed by atoms with Crippen LogP contribution in [0.5, 0.6) is 0 Å². The Morgan fingerprint density at radius 1 is 1.04 bits per heavy atom. The number of allylic oxidation sites excluding steroid dienone is 12. The number of hydrogen-bond donors (Lipinski definition) is 0. The highest BCUT2D eigenvalue weighted by Gasteiger charge is 2.18. The highest BCUT2D eigenvalue weighted by molar-refractivity contribution is 5.50. The monoisotopic (exact) mass is 310 g/mol. The van der Waals surface area contributed by atoms with Crippen LogP contribution in [0.25, 0.3) is 0 Å². The first-order valence-corrected chi connectivity index (χ1v) is 8.58. The first-order chi connectivity index (χ1) is 11.0. The van der Waals surface area contributed by atoms with Crippen LogP contribution in [0, 0.1) is 0 Å². The van der Waals surface area contributed by atoms with Crippen molar-refractivity contribution in [2.45, 2.75) is 52.4 Å². The molecule has 2 rings (SSSR count). The van der Waals surface area contributed by atoms with Crippen LogP contribution in [0.4, 0.5) is 4.39 Å². The lowest BCUT2D eigenvalue weighted by Crippen LogP contribution is -2.03. The Morgan fingerprint density at radius 2 is 1.78 bits per heavy atom. The second kappa shape index (κ2) is 8.10. The van der Waals surface area contributed by atoms with Crippen molar-refractivity contribution >= 4 is 0 Å². The highest BCUT2D eigenvalue weighted by atomic mass is 19.1. The van der Waals surface area contributed by atoms with Crippen molar-refractivity contribution in [1.29, 1.82) is 0 Å². The van der Waals surface area contributed by atoms with Crippen molar-refractivity contribution in [3.8, 4) is 0 Å². The fraction of sp³-hybridized carbons (Fsp3) is 0.364. The van der Waals surface area contributed by atoms with Crippen LogP contribution in [-0.2, 0) is 0 Å². The summed E-state index contributed by atoms with van der Waals surface area (Å²) in [6, 6.07) is 0. The van der Waals surface area contributed by atoms with Gasteiger partial charge in [0, 0.05) is 0 Å². The Labute approximate surface area is 140 Å². The van der Waals surface area contributed by atoms with Crippen molar-refractivity contribution < 1.29 is 4.39 Å². The fourth-order valence-electron chi connectivity index (χ4n) is 2.94. The van der Waals surface area contributed by atoms with Crippen molar-refractivity contribution in [2.75, 3.05) is 0 Å². The van der Waals surface area contributed by atoms with Gasteiger partial charge in [-0.3, -0.25) is 0 Å². The Balaban J connectivity index is 2.15. The largest absolute Gasteiger partial charge is 0.207 e. The summed E-state index contributed by atoms with van der Waals surface area (Å²) in [5, 5.41) is 0. The third-order valence-electron chi connectivity index (χ3n) is 4.70. The maximum absolute atomic E-state index is 14.5. The topological polar surface area (TPSA) is 0 Å². The molecule has 0 atom stereocenters. The van der Waals surface area contributed by atoms with Crippen LogP contribution in [0.1, 0.15) is 52.4 Å². The summed E-state index contributed by atoms with van der Waals surface area (Å²) >= 11 is 0. The second-order valence-corrected chi connectivity index (χ2v) is 6.24. The van der Waals surface area contributed by atoms with Crippen molar-refractivity contribution in [1.82, 2.24) is 0 Å². The van der Waals surface area contributed by atoms with Gasteiger partial charge >= 0.3 is 0 Å². The summed E-state index contributed by atoms with van der Waals surface area (Å²) in [6.07, 6.45) is 15.7. The minimum Gasteiger partial charge on any atom is -0.207 e. The number of hydrogen-bond acceptors (Lipinski definition) is 0. The van der Waals surface area contributed by atoms with E-state index in [9.17, 15) is 4.39 Å². The molecule has 0 aromatic carbocycles. The van der Waals surface area contributed by atoms with E-state index in [1.165, 1.54) is 11.1 Å². The molecule has 0 unspecified atom stereocenters. The summed E-state index contributed by atoms with van der Waals surface area (Å²) in [5.41, 5.74) is 6.44. The smallest absolute Gasteiger partial charge is 0.127 e. The van der Waals surface area contributed by atoms with Crippen molar-refractivity contribution in [3.63, 3.8) is 0 Å². The van der Waals surface area contributed by atoms with Gasteiger partial charge in [0.25, 0.3) is 0 Å². The van der Waals surface area contributed by atoms with E-state index in [1.54, 1.807) is 6.08 Å². The molecule has 0 saturated heterocycles. The maximum atomic E-state index is 14.5. The van der Waals surface area contributed by atoms with Crippen molar-refractivity contribution in [2.24, 2.45) is 0 Å². The quantitative estimate of drug-likeness (QED) is 0.460. The lowest BCUT2D eigenvalue weighted by atomic mass is 9.85. The van der Waals surface area contributed by atoms with Gasteiger partial charge in [-0.15, -0.1) is 0 Å². The second-order valence-electron chi connectivity index (χ2n) is 6.24.